The molecule has 0 saturated carbocycles. The van der Waals surface area contributed by atoms with E-state index in [1.54, 1.807) is 4.90 Å². The molecule has 2 amide bonds. The van der Waals surface area contributed by atoms with Crippen molar-refractivity contribution in [1.82, 2.24) is 10.2 Å². The molecule has 0 unspecified atom stereocenters. The Hall–Kier alpha value is -3.11. The lowest BCUT2D eigenvalue weighted by atomic mass is 10.0. The molecule has 0 bridgehead atoms. The average Bonchev–Trinajstić information content (AvgIpc) is 2.86. The van der Waals surface area contributed by atoms with E-state index in [9.17, 15) is 9.59 Å². The fourth-order valence-corrected chi connectivity index (χ4v) is 4.32. The molecule has 0 aliphatic rings. The standard InChI is InChI=1S/C30H35ClN2O2/c1-4-23(3)32-30(35)28(20-24-12-6-5-7-13-24)33(21-25-14-10-11-22(2)19-25)29(34)18-17-26-15-8-9-16-27(26)31/h5-16,19,23,28H,4,17-18,20-21H2,1-3H3,(H,32,35)/t23-,28-/m0/s1. The number of benzene rings is 3. The predicted octanol–water partition coefficient (Wildman–Crippen LogP) is 6.14. The summed E-state index contributed by atoms with van der Waals surface area (Å²) in [6, 6.07) is 25.0. The predicted molar refractivity (Wildman–Crippen MR) is 143 cm³/mol. The second kappa shape index (κ2) is 13.1. The summed E-state index contributed by atoms with van der Waals surface area (Å²) < 4.78 is 0. The molecule has 0 spiro atoms. The molecule has 3 rings (SSSR count). The number of hydrogen-bond acceptors (Lipinski definition) is 2. The van der Waals surface area contributed by atoms with E-state index in [4.69, 9.17) is 11.6 Å². The lowest BCUT2D eigenvalue weighted by Gasteiger charge is -2.32. The summed E-state index contributed by atoms with van der Waals surface area (Å²) in [5.41, 5.74) is 4.08. The van der Waals surface area contributed by atoms with Gasteiger partial charge in [0.2, 0.25) is 11.8 Å². The van der Waals surface area contributed by atoms with Gasteiger partial charge in [-0.1, -0.05) is 96.9 Å². The van der Waals surface area contributed by atoms with E-state index in [1.807, 2.05) is 93.6 Å². The van der Waals surface area contributed by atoms with Gasteiger partial charge >= 0.3 is 0 Å². The van der Waals surface area contributed by atoms with Crippen LogP contribution in [0.2, 0.25) is 5.02 Å². The number of rotatable bonds is 11. The molecule has 0 aromatic heterocycles. The Kier molecular flexibility index (Phi) is 9.92. The molecule has 0 radical (unpaired) electrons. The number of carbonyl (C=O) groups is 2. The van der Waals surface area contributed by atoms with Crippen molar-refractivity contribution in [2.75, 3.05) is 0 Å². The van der Waals surface area contributed by atoms with Crippen molar-refractivity contribution in [1.29, 1.82) is 0 Å². The smallest absolute Gasteiger partial charge is 0.243 e. The maximum absolute atomic E-state index is 13.7. The Bertz CT molecular complexity index is 1120. The average molecular weight is 491 g/mol. The molecule has 5 heteroatoms. The molecule has 3 aromatic carbocycles. The third-order valence-corrected chi connectivity index (χ3v) is 6.64. The van der Waals surface area contributed by atoms with Crippen molar-refractivity contribution in [2.24, 2.45) is 0 Å². The number of hydrogen-bond donors (Lipinski definition) is 1. The lowest BCUT2D eigenvalue weighted by Crippen LogP contribution is -2.52. The SMILES string of the molecule is CC[C@H](C)NC(=O)[C@H](Cc1ccccc1)N(Cc1cccc(C)c1)C(=O)CCc1ccccc1Cl. The van der Waals surface area contributed by atoms with Gasteiger partial charge in [-0.3, -0.25) is 9.59 Å². The van der Waals surface area contributed by atoms with Crippen LogP contribution in [0, 0.1) is 6.92 Å². The van der Waals surface area contributed by atoms with Crippen molar-refractivity contribution in [3.05, 3.63) is 106 Å². The summed E-state index contributed by atoms with van der Waals surface area (Å²) in [6.07, 6.45) is 2.07. The van der Waals surface area contributed by atoms with Crippen LogP contribution in [0.4, 0.5) is 0 Å². The Labute approximate surface area is 214 Å². The van der Waals surface area contributed by atoms with Crippen molar-refractivity contribution in [3.63, 3.8) is 0 Å². The molecule has 0 aliphatic carbocycles. The zero-order valence-corrected chi connectivity index (χ0v) is 21.6. The molecular formula is C30H35ClN2O2. The summed E-state index contributed by atoms with van der Waals surface area (Å²) >= 11 is 6.34. The van der Waals surface area contributed by atoms with Gasteiger partial charge in [0.15, 0.2) is 0 Å². The molecule has 0 aliphatic heterocycles. The van der Waals surface area contributed by atoms with E-state index in [0.29, 0.717) is 24.4 Å². The van der Waals surface area contributed by atoms with Gasteiger partial charge < -0.3 is 10.2 Å². The molecule has 35 heavy (non-hydrogen) atoms. The number of aryl methyl sites for hydroxylation is 2. The van der Waals surface area contributed by atoms with E-state index >= 15 is 0 Å². The summed E-state index contributed by atoms with van der Waals surface area (Å²) in [7, 11) is 0. The Balaban J connectivity index is 1.92. The molecule has 3 aromatic rings. The normalized spacial score (nSPS) is 12.6. The number of halogens is 1. The first-order valence-electron chi connectivity index (χ1n) is 12.3. The van der Waals surface area contributed by atoms with Gasteiger partial charge in [-0.05, 0) is 49.4 Å². The number of carbonyl (C=O) groups excluding carboxylic acids is 2. The number of amides is 2. The van der Waals surface area contributed by atoms with Crippen LogP contribution >= 0.6 is 11.6 Å². The molecule has 1 N–H and O–H groups in total. The Morgan fingerprint density at radius 1 is 0.943 bits per heavy atom. The lowest BCUT2D eigenvalue weighted by molar-refractivity contribution is -0.141. The summed E-state index contributed by atoms with van der Waals surface area (Å²) in [6.45, 7) is 6.43. The third kappa shape index (κ3) is 7.97. The zero-order chi connectivity index (χ0) is 25.2. The van der Waals surface area contributed by atoms with Crippen LogP contribution in [0.5, 0.6) is 0 Å². The van der Waals surface area contributed by atoms with E-state index < -0.39 is 6.04 Å². The molecule has 0 heterocycles. The van der Waals surface area contributed by atoms with Crippen molar-refractivity contribution < 1.29 is 9.59 Å². The van der Waals surface area contributed by atoms with E-state index in [2.05, 4.69) is 11.4 Å². The topological polar surface area (TPSA) is 49.4 Å². The highest BCUT2D eigenvalue weighted by molar-refractivity contribution is 6.31. The largest absolute Gasteiger partial charge is 0.352 e. The van der Waals surface area contributed by atoms with Gasteiger partial charge in [0, 0.05) is 30.5 Å². The van der Waals surface area contributed by atoms with Crippen molar-refractivity contribution in [2.45, 2.75) is 65.1 Å². The first-order valence-corrected chi connectivity index (χ1v) is 12.7. The second-order valence-corrected chi connectivity index (χ2v) is 9.53. The van der Waals surface area contributed by atoms with Crippen LogP contribution in [-0.4, -0.2) is 28.8 Å². The zero-order valence-electron chi connectivity index (χ0n) is 20.8. The van der Waals surface area contributed by atoms with Crippen LogP contribution in [0.1, 0.15) is 48.9 Å². The van der Waals surface area contributed by atoms with Gasteiger partial charge in [-0.2, -0.15) is 0 Å². The Morgan fingerprint density at radius 3 is 2.31 bits per heavy atom. The number of nitrogens with one attached hydrogen (secondary N) is 1. The quantitative estimate of drug-likeness (QED) is 0.351. The summed E-state index contributed by atoms with van der Waals surface area (Å²) in [4.78, 5) is 29.0. The highest BCUT2D eigenvalue weighted by Crippen LogP contribution is 2.20. The van der Waals surface area contributed by atoms with Crippen LogP contribution in [0.15, 0.2) is 78.9 Å². The maximum atomic E-state index is 13.7. The minimum atomic E-state index is -0.620. The van der Waals surface area contributed by atoms with Crippen LogP contribution in [0.25, 0.3) is 0 Å². The van der Waals surface area contributed by atoms with Crippen LogP contribution in [0.3, 0.4) is 0 Å². The van der Waals surface area contributed by atoms with Gasteiger partial charge in [0.1, 0.15) is 6.04 Å². The van der Waals surface area contributed by atoms with E-state index in [0.717, 1.165) is 28.7 Å². The molecule has 184 valence electrons. The maximum Gasteiger partial charge on any atom is 0.243 e. The van der Waals surface area contributed by atoms with E-state index in [1.165, 1.54) is 0 Å². The summed E-state index contributed by atoms with van der Waals surface area (Å²) in [5, 5.41) is 3.76. The minimum absolute atomic E-state index is 0.0276. The van der Waals surface area contributed by atoms with Gasteiger partial charge in [0.05, 0.1) is 0 Å². The Morgan fingerprint density at radius 2 is 1.63 bits per heavy atom. The first kappa shape index (κ1) is 26.5. The fraction of sp³-hybridized carbons (Fsp3) is 0.333. The van der Waals surface area contributed by atoms with Gasteiger partial charge in [0.25, 0.3) is 0 Å². The molecule has 0 saturated heterocycles. The first-order chi connectivity index (χ1) is 16.9. The fourth-order valence-electron chi connectivity index (χ4n) is 4.09. The molecule has 4 nitrogen and oxygen atoms in total. The van der Waals surface area contributed by atoms with Crippen LogP contribution < -0.4 is 5.32 Å². The molecule has 2 atom stereocenters. The molecule has 0 fully saturated rings. The highest BCUT2D eigenvalue weighted by Gasteiger charge is 2.30. The molecular weight excluding hydrogens is 456 g/mol. The van der Waals surface area contributed by atoms with Gasteiger partial charge in [-0.15, -0.1) is 0 Å². The van der Waals surface area contributed by atoms with Crippen molar-refractivity contribution >= 4 is 23.4 Å². The van der Waals surface area contributed by atoms with Crippen molar-refractivity contribution in [3.8, 4) is 0 Å². The van der Waals surface area contributed by atoms with E-state index in [-0.39, 0.29) is 24.3 Å². The number of nitrogens with zero attached hydrogens (tertiary/aromatic N) is 1. The van der Waals surface area contributed by atoms with Crippen LogP contribution in [-0.2, 0) is 29.0 Å². The monoisotopic (exact) mass is 490 g/mol. The van der Waals surface area contributed by atoms with Gasteiger partial charge in [-0.25, -0.2) is 0 Å². The second-order valence-electron chi connectivity index (χ2n) is 9.13. The third-order valence-electron chi connectivity index (χ3n) is 6.27. The highest BCUT2D eigenvalue weighted by atomic mass is 35.5. The summed E-state index contributed by atoms with van der Waals surface area (Å²) in [5.74, 6) is -0.186. The minimum Gasteiger partial charge on any atom is -0.352 e.